The summed E-state index contributed by atoms with van der Waals surface area (Å²) in [5, 5.41) is 12.1. The fourth-order valence-electron chi connectivity index (χ4n) is 3.25. The first-order valence-electron chi connectivity index (χ1n) is 9.17. The van der Waals surface area contributed by atoms with Gasteiger partial charge in [0.25, 0.3) is 5.91 Å². The zero-order valence-electron chi connectivity index (χ0n) is 16.0. The van der Waals surface area contributed by atoms with E-state index in [9.17, 15) is 14.9 Å². The van der Waals surface area contributed by atoms with Crippen LogP contribution >= 0.6 is 0 Å². The van der Waals surface area contributed by atoms with Crippen LogP contribution in [0.15, 0.2) is 29.8 Å². The third-order valence-electron chi connectivity index (χ3n) is 5.15. The van der Waals surface area contributed by atoms with Gasteiger partial charge in [-0.2, -0.15) is 5.26 Å². The van der Waals surface area contributed by atoms with E-state index in [0.717, 1.165) is 12.8 Å². The molecule has 0 aromatic heterocycles. The molecular formula is C21H26N2O4. The molecule has 1 fully saturated rings. The smallest absolute Gasteiger partial charge is 0.349 e. The van der Waals surface area contributed by atoms with Crippen LogP contribution in [0, 0.1) is 23.2 Å². The van der Waals surface area contributed by atoms with Crippen LogP contribution in [0.25, 0.3) is 6.08 Å². The number of esters is 1. The molecule has 144 valence electrons. The maximum Gasteiger partial charge on any atom is 0.349 e. The van der Waals surface area contributed by atoms with Crippen LogP contribution in [0.3, 0.4) is 0 Å². The molecule has 27 heavy (non-hydrogen) atoms. The van der Waals surface area contributed by atoms with E-state index in [1.807, 2.05) is 6.07 Å². The van der Waals surface area contributed by atoms with Crippen molar-refractivity contribution in [3.05, 3.63) is 35.4 Å². The average molecular weight is 370 g/mol. The van der Waals surface area contributed by atoms with E-state index in [2.05, 4.69) is 19.2 Å². The number of nitrogens with zero attached hydrogens (tertiary/aromatic N) is 1. The Hall–Kier alpha value is -2.81. The molecule has 0 saturated heterocycles. The molecule has 0 spiro atoms. The fraction of sp³-hybridized carbons (Fsp3) is 0.476. The number of methoxy groups -OCH3 is 1. The molecule has 2 rings (SSSR count). The Balaban J connectivity index is 1.89. The van der Waals surface area contributed by atoms with Crippen molar-refractivity contribution in [2.45, 2.75) is 39.2 Å². The number of nitriles is 1. The standard InChI is InChI=1S/C21H26N2O4/c1-14-5-4-6-19(15(14)2)23-20(24)13-27-21(25)17(12-22)11-16-7-9-18(26-3)10-8-16/h7-11,14-15,19H,4-6,13H2,1-3H3,(H,23,24)/b17-11-. The Morgan fingerprint density at radius 1 is 1.26 bits per heavy atom. The van der Waals surface area contributed by atoms with E-state index < -0.39 is 12.6 Å². The number of carbonyl (C=O) groups excluding carboxylic acids is 2. The van der Waals surface area contributed by atoms with Gasteiger partial charge in [-0.05, 0) is 42.0 Å². The number of hydrogen-bond acceptors (Lipinski definition) is 5. The van der Waals surface area contributed by atoms with E-state index in [1.165, 1.54) is 12.5 Å². The second-order valence-electron chi connectivity index (χ2n) is 6.96. The van der Waals surface area contributed by atoms with Crippen molar-refractivity contribution in [1.29, 1.82) is 5.26 Å². The lowest BCUT2D eigenvalue weighted by atomic mass is 9.78. The molecule has 1 aromatic carbocycles. The maximum atomic E-state index is 12.1. The van der Waals surface area contributed by atoms with Gasteiger partial charge in [-0.25, -0.2) is 4.79 Å². The zero-order valence-corrected chi connectivity index (χ0v) is 16.0. The molecule has 1 saturated carbocycles. The number of amides is 1. The summed E-state index contributed by atoms with van der Waals surface area (Å²) in [5.74, 6) is 0.480. The highest BCUT2D eigenvalue weighted by atomic mass is 16.5. The Kier molecular flexibility index (Phi) is 7.42. The second-order valence-corrected chi connectivity index (χ2v) is 6.96. The van der Waals surface area contributed by atoms with Crippen LogP contribution in [0.4, 0.5) is 0 Å². The lowest BCUT2D eigenvalue weighted by molar-refractivity contribution is -0.144. The van der Waals surface area contributed by atoms with Crippen molar-refractivity contribution in [3.8, 4) is 11.8 Å². The SMILES string of the molecule is COc1ccc(/C=C(/C#N)C(=O)OCC(=O)NC2CCCC(C)C2C)cc1. The third kappa shape index (κ3) is 5.85. The summed E-state index contributed by atoms with van der Waals surface area (Å²) < 4.78 is 10.1. The second kappa shape index (κ2) is 9.77. The van der Waals surface area contributed by atoms with E-state index in [0.29, 0.717) is 23.1 Å². The number of nitrogens with one attached hydrogen (secondary N) is 1. The Morgan fingerprint density at radius 3 is 2.59 bits per heavy atom. The number of carbonyl (C=O) groups is 2. The predicted molar refractivity (Wildman–Crippen MR) is 102 cm³/mol. The molecule has 0 radical (unpaired) electrons. The summed E-state index contributed by atoms with van der Waals surface area (Å²) in [6.45, 7) is 3.93. The monoisotopic (exact) mass is 370 g/mol. The molecule has 1 aromatic rings. The van der Waals surface area contributed by atoms with Crippen molar-refractivity contribution in [2.24, 2.45) is 11.8 Å². The molecule has 1 N–H and O–H groups in total. The Morgan fingerprint density at radius 2 is 1.96 bits per heavy atom. The minimum Gasteiger partial charge on any atom is -0.497 e. The molecule has 3 unspecified atom stereocenters. The van der Waals surface area contributed by atoms with Gasteiger partial charge in [0.15, 0.2) is 6.61 Å². The molecule has 0 bridgehead atoms. The number of rotatable bonds is 6. The molecule has 0 aliphatic heterocycles. The summed E-state index contributed by atoms with van der Waals surface area (Å²) >= 11 is 0. The molecule has 0 heterocycles. The normalized spacial score (nSPS) is 22.4. The van der Waals surface area contributed by atoms with Gasteiger partial charge in [-0.15, -0.1) is 0 Å². The maximum absolute atomic E-state index is 12.1. The van der Waals surface area contributed by atoms with Crippen molar-refractivity contribution in [2.75, 3.05) is 13.7 Å². The highest BCUT2D eigenvalue weighted by Crippen LogP contribution is 2.29. The summed E-state index contributed by atoms with van der Waals surface area (Å²) in [4.78, 5) is 24.2. The van der Waals surface area contributed by atoms with Gasteiger partial charge in [-0.1, -0.05) is 38.8 Å². The lowest BCUT2D eigenvalue weighted by Gasteiger charge is -2.34. The average Bonchev–Trinajstić information content (AvgIpc) is 2.68. The zero-order chi connectivity index (χ0) is 19.8. The van der Waals surface area contributed by atoms with E-state index in [-0.39, 0.29) is 17.5 Å². The van der Waals surface area contributed by atoms with Gasteiger partial charge in [-0.3, -0.25) is 4.79 Å². The fourth-order valence-corrected chi connectivity index (χ4v) is 3.25. The number of hydrogen-bond donors (Lipinski definition) is 1. The van der Waals surface area contributed by atoms with Crippen LogP contribution in [0.2, 0.25) is 0 Å². The van der Waals surface area contributed by atoms with Crippen LogP contribution < -0.4 is 10.1 Å². The first-order valence-corrected chi connectivity index (χ1v) is 9.17. The minimum atomic E-state index is -0.812. The van der Waals surface area contributed by atoms with Crippen molar-refractivity contribution in [3.63, 3.8) is 0 Å². The molecular weight excluding hydrogens is 344 g/mol. The summed E-state index contributed by atoms with van der Waals surface area (Å²) in [6.07, 6.45) is 4.61. The number of ether oxygens (including phenoxy) is 2. The predicted octanol–water partition coefficient (Wildman–Crippen LogP) is 3.09. The molecule has 3 atom stereocenters. The molecule has 1 amide bonds. The minimum absolute atomic E-state index is 0.102. The van der Waals surface area contributed by atoms with E-state index >= 15 is 0 Å². The first kappa shape index (κ1) is 20.5. The van der Waals surface area contributed by atoms with Crippen LogP contribution in [-0.2, 0) is 14.3 Å². The van der Waals surface area contributed by atoms with E-state index in [4.69, 9.17) is 9.47 Å². The molecule has 6 heteroatoms. The lowest BCUT2D eigenvalue weighted by Crippen LogP contribution is -2.45. The van der Waals surface area contributed by atoms with Crippen molar-refractivity contribution in [1.82, 2.24) is 5.32 Å². The number of benzene rings is 1. The van der Waals surface area contributed by atoms with Gasteiger partial charge in [0.05, 0.1) is 7.11 Å². The van der Waals surface area contributed by atoms with Gasteiger partial charge in [0.1, 0.15) is 17.4 Å². The van der Waals surface area contributed by atoms with Crippen LogP contribution in [-0.4, -0.2) is 31.6 Å². The van der Waals surface area contributed by atoms with Gasteiger partial charge < -0.3 is 14.8 Å². The largest absolute Gasteiger partial charge is 0.497 e. The van der Waals surface area contributed by atoms with Gasteiger partial charge >= 0.3 is 5.97 Å². The van der Waals surface area contributed by atoms with Crippen LogP contribution in [0.5, 0.6) is 5.75 Å². The van der Waals surface area contributed by atoms with Crippen molar-refractivity contribution >= 4 is 18.0 Å². The Bertz CT molecular complexity index is 734. The summed E-state index contributed by atoms with van der Waals surface area (Å²) in [7, 11) is 1.56. The highest BCUT2D eigenvalue weighted by molar-refractivity contribution is 5.98. The van der Waals surface area contributed by atoms with Crippen molar-refractivity contribution < 1.29 is 19.1 Å². The molecule has 1 aliphatic carbocycles. The third-order valence-corrected chi connectivity index (χ3v) is 5.15. The van der Waals surface area contributed by atoms with E-state index in [1.54, 1.807) is 31.4 Å². The first-order chi connectivity index (χ1) is 12.9. The van der Waals surface area contributed by atoms with Gasteiger partial charge in [0, 0.05) is 6.04 Å². The molecule has 6 nitrogen and oxygen atoms in total. The topological polar surface area (TPSA) is 88.4 Å². The molecule has 1 aliphatic rings. The highest BCUT2D eigenvalue weighted by Gasteiger charge is 2.28. The Labute approximate surface area is 160 Å². The van der Waals surface area contributed by atoms with Crippen LogP contribution in [0.1, 0.15) is 38.7 Å². The summed E-state index contributed by atoms with van der Waals surface area (Å²) in [6, 6.07) is 8.83. The summed E-state index contributed by atoms with van der Waals surface area (Å²) in [5.41, 5.74) is 0.506. The quantitative estimate of drug-likeness (QED) is 0.472. The van der Waals surface area contributed by atoms with Gasteiger partial charge in [0.2, 0.25) is 0 Å².